The third kappa shape index (κ3) is 3.88. The quantitative estimate of drug-likeness (QED) is 0.384. The van der Waals surface area contributed by atoms with Crippen LogP contribution < -0.4 is 0 Å². The third-order valence-electron chi connectivity index (χ3n) is 5.29. The fourth-order valence-corrected chi connectivity index (χ4v) is 3.70. The average Bonchev–Trinajstić information content (AvgIpc) is 3.46. The molecule has 31 heavy (non-hydrogen) atoms. The summed E-state index contributed by atoms with van der Waals surface area (Å²) in [6, 6.07) is 18.7. The maximum atomic E-state index is 12.8. The molecule has 0 atom stereocenters. The van der Waals surface area contributed by atoms with Crippen molar-refractivity contribution < 1.29 is 14.0 Å². The maximum Gasteiger partial charge on any atom is 0.188 e. The van der Waals surface area contributed by atoms with Crippen LogP contribution in [-0.4, -0.2) is 26.5 Å². The number of hydrogen-bond donors (Lipinski definition) is 1. The van der Waals surface area contributed by atoms with Gasteiger partial charge in [-0.3, -0.25) is 14.6 Å². The summed E-state index contributed by atoms with van der Waals surface area (Å²) in [6.45, 7) is 0. The minimum absolute atomic E-state index is 0.0115. The van der Waals surface area contributed by atoms with E-state index in [9.17, 15) is 9.59 Å². The molecule has 0 aliphatic heterocycles. The molecule has 2 aromatic carbocycles. The summed E-state index contributed by atoms with van der Waals surface area (Å²) in [5, 5.41) is 1.95. The number of rotatable bonds is 7. The topological polar surface area (TPSA) is 88.9 Å². The van der Waals surface area contributed by atoms with Crippen LogP contribution in [0.2, 0.25) is 0 Å². The largest absolute Gasteiger partial charge is 0.469 e. The second-order valence-corrected chi connectivity index (χ2v) is 7.40. The number of nitrogens with one attached hydrogen (secondary N) is 1. The molecule has 0 amide bonds. The summed E-state index contributed by atoms with van der Waals surface area (Å²) < 4.78 is 5.31. The highest BCUT2D eigenvalue weighted by Crippen LogP contribution is 2.20. The molecule has 0 saturated heterocycles. The molecular weight excluding hydrogens is 390 g/mol. The van der Waals surface area contributed by atoms with Gasteiger partial charge < -0.3 is 9.40 Å². The molecular formula is C25H19N3O3. The van der Waals surface area contributed by atoms with Crippen molar-refractivity contribution in [3.05, 3.63) is 96.0 Å². The molecule has 5 rings (SSSR count). The normalized spacial score (nSPS) is 11.2. The molecule has 3 aromatic heterocycles. The van der Waals surface area contributed by atoms with Gasteiger partial charge in [-0.2, -0.15) is 0 Å². The number of hydrogen-bond acceptors (Lipinski definition) is 5. The zero-order valence-electron chi connectivity index (χ0n) is 16.7. The number of pyridine rings is 1. The fraction of sp³-hybridized carbons (Fsp3) is 0.120. The van der Waals surface area contributed by atoms with E-state index in [-0.39, 0.29) is 18.0 Å². The smallest absolute Gasteiger partial charge is 0.188 e. The van der Waals surface area contributed by atoms with Gasteiger partial charge in [-0.25, -0.2) is 4.98 Å². The molecule has 0 saturated carbocycles. The molecule has 0 aliphatic rings. The van der Waals surface area contributed by atoms with Gasteiger partial charge in [0.25, 0.3) is 0 Å². The summed E-state index contributed by atoms with van der Waals surface area (Å²) in [6.07, 6.45) is 4.25. The zero-order chi connectivity index (χ0) is 21.2. The van der Waals surface area contributed by atoms with Crippen molar-refractivity contribution in [2.24, 2.45) is 0 Å². The van der Waals surface area contributed by atoms with Crippen molar-refractivity contribution in [2.75, 3.05) is 0 Å². The van der Waals surface area contributed by atoms with E-state index < -0.39 is 0 Å². The van der Waals surface area contributed by atoms with E-state index in [1.165, 1.54) is 0 Å². The number of aromatic amines is 1. The van der Waals surface area contributed by atoms with Crippen LogP contribution in [0, 0.1) is 0 Å². The lowest BCUT2D eigenvalue weighted by Crippen LogP contribution is -2.07. The number of aryl methyl sites for hydroxylation is 1. The lowest BCUT2D eigenvalue weighted by Gasteiger charge is -2.01. The number of furan rings is 1. The molecule has 3 heterocycles. The highest BCUT2D eigenvalue weighted by molar-refractivity contribution is 6.06. The van der Waals surface area contributed by atoms with E-state index in [4.69, 9.17) is 4.42 Å². The Morgan fingerprint density at radius 3 is 2.65 bits per heavy atom. The highest BCUT2D eigenvalue weighted by atomic mass is 16.3. The van der Waals surface area contributed by atoms with Crippen LogP contribution in [0.15, 0.2) is 77.5 Å². The van der Waals surface area contributed by atoms with E-state index >= 15 is 0 Å². The predicted octanol–water partition coefficient (Wildman–Crippen LogP) is 4.95. The van der Waals surface area contributed by atoms with Crippen LogP contribution in [0.5, 0.6) is 0 Å². The Morgan fingerprint density at radius 1 is 0.935 bits per heavy atom. The molecule has 0 aliphatic carbocycles. The minimum atomic E-state index is -0.129. The Bertz CT molecular complexity index is 1400. The predicted molar refractivity (Wildman–Crippen MR) is 117 cm³/mol. The monoisotopic (exact) mass is 409 g/mol. The minimum Gasteiger partial charge on any atom is -0.469 e. The van der Waals surface area contributed by atoms with Crippen molar-refractivity contribution in [1.82, 2.24) is 15.0 Å². The number of carbonyl (C=O) groups is 2. The molecule has 6 nitrogen and oxygen atoms in total. The van der Waals surface area contributed by atoms with Crippen molar-refractivity contribution in [2.45, 2.75) is 19.3 Å². The van der Waals surface area contributed by atoms with E-state index in [0.717, 1.165) is 22.0 Å². The van der Waals surface area contributed by atoms with Gasteiger partial charge in [-0.15, -0.1) is 0 Å². The van der Waals surface area contributed by atoms with Crippen molar-refractivity contribution >= 4 is 33.4 Å². The number of H-pyrrole nitrogens is 1. The van der Waals surface area contributed by atoms with Crippen LogP contribution in [0.4, 0.5) is 0 Å². The third-order valence-corrected chi connectivity index (χ3v) is 5.29. The van der Waals surface area contributed by atoms with Gasteiger partial charge in [-0.1, -0.05) is 30.3 Å². The van der Waals surface area contributed by atoms with Crippen molar-refractivity contribution in [3.63, 3.8) is 0 Å². The standard InChI is InChI=1S/C25H19N3O3/c29-22(11-10-18-7-4-12-31-18)19-8-3-9-20-25(19)28-24(27-20)14-23(30)21-13-16-5-1-2-6-17(16)15-26-21/h1-9,12-13,15H,10-11,14H2,(H,27,28). The first-order chi connectivity index (χ1) is 15.2. The number of aromatic nitrogens is 3. The Balaban J connectivity index is 1.37. The van der Waals surface area contributed by atoms with Gasteiger partial charge in [0.15, 0.2) is 11.6 Å². The first kappa shape index (κ1) is 18.9. The van der Waals surface area contributed by atoms with E-state index in [0.29, 0.717) is 35.4 Å². The molecule has 0 spiro atoms. The first-order valence-electron chi connectivity index (χ1n) is 10.1. The van der Waals surface area contributed by atoms with Crippen molar-refractivity contribution in [3.8, 4) is 0 Å². The van der Waals surface area contributed by atoms with Crippen LogP contribution in [-0.2, 0) is 12.8 Å². The van der Waals surface area contributed by atoms with Gasteiger partial charge >= 0.3 is 0 Å². The summed E-state index contributed by atoms with van der Waals surface area (Å²) >= 11 is 0. The van der Waals surface area contributed by atoms with Gasteiger partial charge in [0.1, 0.15) is 17.3 Å². The van der Waals surface area contributed by atoms with Gasteiger partial charge in [0.2, 0.25) is 0 Å². The molecule has 0 radical (unpaired) electrons. The molecule has 1 N–H and O–H groups in total. The first-order valence-corrected chi connectivity index (χ1v) is 10.1. The lowest BCUT2D eigenvalue weighted by atomic mass is 10.0. The summed E-state index contributed by atoms with van der Waals surface area (Å²) in [5.41, 5.74) is 2.26. The number of para-hydroxylation sites is 1. The fourth-order valence-electron chi connectivity index (χ4n) is 3.70. The SMILES string of the molecule is O=C(Cc1nc2c(C(=O)CCc3ccco3)cccc2[nH]1)c1cc2ccccc2cn1. The Hall–Kier alpha value is -4.06. The average molecular weight is 409 g/mol. The van der Waals surface area contributed by atoms with Crippen LogP contribution >= 0.6 is 0 Å². The van der Waals surface area contributed by atoms with Crippen LogP contribution in [0.1, 0.15) is 38.9 Å². The number of fused-ring (bicyclic) bond motifs is 2. The zero-order valence-corrected chi connectivity index (χ0v) is 16.7. The molecule has 5 aromatic rings. The van der Waals surface area contributed by atoms with E-state index in [1.807, 2.05) is 48.5 Å². The number of Topliss-reactive ketones (excluding diaryl/α,β-unsaturated/α-hetero) is 2. The van der Waals surface area contributed by atoms with Crippen LogP contribution in [0.25, 0.3) is 21.8 Å². The maximum absolute atomic E-state index is 12.8. The molecule has 0 bridgehead atoms. The lowest BCUT2D eigenvalue weighted by molar-refractivity contribution is 0.0977. The van der Waals surface area contributed by atoms with Crippen molar-refractivity contribution in [1.29, 1.82) is 0 Å². The molecule has 6 heteroatoms. The number of carbonyl (C=O) groups excluding carboxylic acids is 2. The van der Waals surface area contributed by atoms with Gasteiger partial charge in [-0.05, 0) is 35.7 Å². The van der Waals surface area contributed by atoms with E-state index in [1.54, 1.807) is 24.6 Å². The number of nitrogens with zero attached hydrogens (tertiary/aromatic N) is 2. The summed E-state index contributed by atoms with van der Waals surface area (Å²) in [5.74, 6) is 1.15. The number of imidazole rings is 1. The Labute approximate surface area is 177 Å². The molecule has 152 valence electrons. The Kier molecular flexibility index (Phi) is 4.88. The van der Waals surface area contributed by atoms with E-state index in [2.05, 4.69) is 15.0 Å². The summed E-state index contributed by atoms with van der Waals surface area (Å²) in [7, 11) is 0. The van der Waals surface area contributed by atoms with Gasteiger partial charge in [0.05, 0.1) is 23.7 Å². The number of benzene rings is 2. The highest BCUT2D eigenvalue weighted by Gasteiger charge is 2.17. The van der Waals surface area contributed by atoms with Crippen LogP contribution in [0.3, 0.4) is 0 Å². The second-order valence-electron chi connectivity index (χ2n) is 7.40. The second kappa shape index (κ2) is 7.99. The number of ketones is 2. The Morgan fingerprint density at radius 2 is 1.81 bits per heavy atom. The molecule has 0 fully saturated rings. The molecule has 0 unspecified atom stereocenters. The summed E-state index contributed by atoms with van der Waals surface area (Å²) in [4.78, 5) is 37.6. The van der Waals surface area contributed by atoms with Gasteiger partial charge in [0, 0.05) is 30.0 Å².